The van der Waals surface area contributed by atoms with Crippen LogP contribution >= 0.6 is 11.6 Å². The normalized spacial score (nSPS) is 10.2. The van der Waals surface area contributed by atoms with Gasteiger partial charge in [-0.1, -0.05) is 23.7 Å². The minimum atomic E-state index is -0.678. The van der Waals surface area contributed by atoms with Crippen molar-refractivity contribution in [2.45, 2.75) is 0 Å². The molecular weight excluding hydrogens is 268 g/mol. The molecule has 2 N–H and O–H groups in total. The zero-order valence-corrected chi connectivity index (χ0v) is 10.8. The molecule has 2 aromatic rings. The number of aromatic hydroxyl groups is 2. The van der Waals surface area contributed by atoms with Crippen molar-refractivity contribution in [1.29, 1.82) is 0 Å². The van der Waals surface area contributed by atoms with Crippen molar-refractivity contribution in [2.24, 2.45) is 0 Å². The molecule has 0 atom stereocenters. The third-order valence-electron chi connectivity index (χ3n) is 2.65. The van der Waals surface area contributed by atoms with Crippen molar-refractivity contribution >= 4 is 17.6 Å². The summed E-state index contributed by atoms with van der Waals surface area (Å²) in [4.78, 5) is 11.7. The van der Waals surface area contributed by atoms with E-state index in [0.717, 1.165) is 6.07 Å². The lowest BCUT2D eigenvalue weighted by Crippen LogP contribution is -2.04. The van der Waals surface area contributed by atoms with Gasteiger partial charge in [0.1, 0.15) is 17.1 Å². The number of carbonyl (C=O) groups is 1. The number of hydrogen-bond donors (Lipinski definition) is 2. The molecule has 2 aromatic carbocycles. The number of ether oxygens (including phenoxy) is 1. The molecule has 0 bridgehead atoms. The molecule has 0 aliphatic heterocycles. The summed E-state index contributed by atoms with van der Waals surface area (Å²) in [5.74, 6) is -1.16. The van der Waals surface area contributed by atoms with Crippen LogP contribution in [0.15, 0.2) is 36.4 Å². The maximum absolute atomic E-state index is 11.7. The molecule has 0 aromatic heterocycles. The number of halogens is 1. The summed E-state index contributed by atoms with van der Waals surface area (Å²) in [5, 5.41) is 19.9. The third-order valence-corrected chi connectivity index (χ3v) is 2.90. The van der Waals surface area contributed by atoms with Gasteiger partial charge in [-0.05, 0) is 23.8 Å². The lowest BCUT2D eigenvalue weighted by atomic mass is 9.98. The second kappa shape index (κ2) is 5.20. The maximum Gasteiger partial charge on any atom is 0.342 e. The van der Waals surface area contributed by atoms with Crippen LogP contribution in [-0.4, -0.2) is 23.3 Å². The van der Waals surface area contributed by atoms with Crippen molar-refractivity contribution < 1.29 is 19.7 Å². The zero-order chi connectivity index (χ0) is 14.0. The van der Waals surface area contributed by atoms with E-state index in [1.54, 1.807) is 24.3 Å². The van der Waals surface area contributed by atoms with Crippen molar-refractivity contribution in [2.75, 3.05) is 7.11 Å². The van der Waals surface area contributed by atoms with E-state index in [1.165, 1.54) is 13.2 Å². The minimum absolute atomic E-state index is 0.00243. The molecule has 5 heteroatoms. The van der Waals surface area contributed by atoms with Crippen LogP contribution in [0.5, 0.6) is 11.5 Å². The minimum Gasteiger partial charge on any atom is -0.508 e. The largest absolute Gasteiger partial charge is 0.508 e. The van der Waals surface area contributed by atoms with E-state index in [9.17, 15) is 15.0 Å². The van der Waals surface area contributed by atoms with E-state index >= 15 is 0 Å². The molecule has 4 nitrogen and oxygen atoms in total. The summed E-state index contributed by atoms with van der Waals surface area (Å²) >= 11 is 5.80. The Morgan fingerprint density at radius 3 is 2.37 bits per heavy atom. The second-order valence-electron chi connectivity index (χ2n) is 3.89. The first-order valence-corrected chi connectivity index (χ1v) is 5.81. The van der Waals surface area contributed by atoms with Crippen LogP contribution in [0, 0.1) is 0 Å². The maximum atomic E-state index is 11.7. The molecule has 0 spiro atoms. The monoisotopic (exact) mass is 278 g/mol. The predicted octanol–water partition coefficient (Wildman–Crippen LogP) is 3.20. The lowest BCUT2D eigenvalue weighted by molar-refractivity contribution is 0.0598. The Kier molecular flexibility index (Phi) is 3.62. The standard InChI is InChI=1S/C14H11ClO4/c1-19-14(18)13-11(6-10(16)7-12(13)17)8-2-4-9(15)5-3-8/h2-7,16-17H,1H3. The van der Waals surface area contributed by atoms with E-state index in [0.29, 0.717) is 16.1 Å². The van der Waals surface area contributed by atoms with E-state index in [-0.39, 0.29) is 17.1 Å². The molecule has 0 radical (unpaired) electrons. The van der Waals surface area contributed by atoms with Crippen LogP contribution in [0.3, 0.4) is 0 Å². The van der Waals surface area contributed by atoms with Crippen LogP contribution in [0.1, 0.15) is 10.4 Å². The molecule has 0 saturated heterocycles. The molecule has 2 rings (SSSR count). The molecule has 0 aliphatic rings. The Morgan fingerprint density at radius 2 is 1.79 bits per heavy atom. The predicted molar refractivity (Wildman–Crippen MR) is 71.6 cm³/mol. The number of rotatable bonds is 2. The number of phenolic OH excluding ortho intramolecular Hbond substituents is 2. The number of methoxy groups -OCH3 is 1. The Morgan fingerprint density at radius 1 is 1.16 bits per heavy atom. The summed E-state index contributed by atoms with van der Waals surface area (Å²) in [6, 6.07) is 9.14. The molecule has 0 unspecified atom stereocenters. The average Bonchev–Trinajstić information content (AvgIpc) is 2.38. The highest BCUT2D eigenvalue weighted by molar-refractivity contribution is 6.30. The van der Waals surface area contributed by atoms with Gasteiger partial charge in [0.2, 0.25) is 0 Å². The van der Waals surface area contributed by atoms with E-state index in [2.05, 4.69) is 4.74 Å². The van der Waals surface area contributed by atoms with Gasteiger partial charge in [-0.15, -0.1) is 0 Å². The van der Waals surface area contributed by atoms with Crippen LogP contribution in [-0.2, 0) is 4.74 Å². The van der Waals surface area contributed by atoms with Gasteiger partial charge in [0.25, 0.3) is 0 Å². The number of benzene rings is 2. The summed E-state index contributed by atoms with van der Waals surface area (Å²) < 4.78 is 4.64. The Labute approximate surface area is 114 Å². The molecule has 19 heavy (non-hydrogen) atoms. The fraction of sp³-hybridized carbons (Fsp3) is 0.0714. The summed E-state index contributed by atoms with van der Waals surface area (Å²) in [6.07, 6.45) is 0. The van der Waals surface area contributed by atoms with Gasteiger partial charge in [0, 0.05) is 16.7 Å². The Balaban J connectivity index is 2.67. The van der Waals surface area contributed by atoms with Crippen molar-refractivity contribution in [3.63, 3.8) is 0 Å². The molecule has 0 aliphatic carbocycles. The highest BCUT2D eigenvalue weighted by Crippen LogP contribution is 2.35. The molecule has 0 heterocycles. The van der Waals surface area contributed by atoms with E-state index in [1.807, 2.05) is 0 Å². The first kappa shape index (κ1) is 13.2. The molecule has 0 amide bonds. The molecule has 98 valence electrons. The topological polar surface area (TPSA) is 66.8 Å². The summed E-state index contributed by atoms with van der Waals surface area (Å²) in [6.45, 7) is 0. The van der Waals surface area contributed by atoms with Gasteiger partial charge in [-0.2, -0.15) is 0 Å². The molecular formula is C14H11ClO4. The molecule has 0 fully saturated rings. The number of hydrogen-bond acceptors (Lipinski definition) is 4. The van der Waals surface area contributed by atoms with Crippen LogP contribution in [0.25, 0.3) is 11.1 Å². The smallest absolute Gasteiger partial charge is 0.342 e. The summed E-state index contributed by atoms with van der Waals surface area (Å²) in [5.41, 5.74) is 1.01. The zero-order valence-electron chi connectivity index (χ0n) is 10.1. The third kappa shape index (κ3) is 2.63. The first-order chi connectivity index (χ1) is 9.02. The van der Waals surface area contributed by atoms with Gasteiger partial charge in [0.05, 0.1) is 7.11 Å². The fourth-order valence-corrected chi connectivity index (χ4v) is 1.91. The quantitative estimate of drug-likeness (QED) is 0.828. The number of carbonyl (C=O) groups excluding carboxylic acids is 1. The van der Waals surface area contributed by atoms with Gasteiger partial charge < -0.3 is 14.9 Å². The first-order valence-electron chi connectivity index (χ1n) is 5.43. The van der Waals surface area contributed by atoms with Gasteiger partial charge >= 0.3 is 5.97 Å². The number of esters is 1. The average molecular weight is 279 g/mol. The lowest BCUT2D eigenvalue weighted by Gasteiger charge is -2.11. The van der Waals surface area contributed by atoms with Crippen molar-refractivity contribution in [3.8, 4) is 22.6 Å². The fourth-order valence-electron chi connectivity index (χ4n) is 1.79. The van der Waals surface area contributed by atoms with E-state index < -0.39 is 5.97 Å². The Hall–Kier alpha value is -2.20. The highest BCUT2D eigenvalue weighted by Gasteiger charge is 2.19. The van der Waals surface area contributed by atoms with Crippen LogP contribution in [0.2, 0.25) is 5.02 Å². The summed E-state index contributed by atoms with van der Waals surface area (Å²) in [7, 11) is 1.22. The Bertz CT molecular complexity index is 620. The molecule has 0 saturated carbocycles. The van der Waals surface area contributed by atoms with Gasteiger partial charge in [-0.3, -0.25) is 0 Å². The second-order valence-corrected chi connectivity index (χ2v) is 4.32. The highest BCUT2D eigenvalue weighted by atomic mass is 35.5. The van der Waals surface area contributed by atoms with Crippen molar-refractivity contribution in [1.82, 2.24) is 0 Å². The van der Waals surface area contributed by atoms with E-state index in [4.69, 9.17) is 11.6 Å². The number of phenols is 2. The van der Waals surface area contributed by atoms with Gasteiger partial charge in [0.15, 0.2) is 0 Å². The van der Waals surface area contributed by atoms with Crippen LogP contribution in [0.4, 0.5) is 0 Å². The SMILES string of the molecule is COC(=O)c1c(O)cc(O)cc1-c1ccc(Cl)cc1. The van der Waals surface area contributed by atoms with Crippen LogP contribution < -0.4 is 0 Å². The van der Waals surface area contributed by atoms with Gasteiger partial charge in [-0.25, -0.2) is 4.79 Å². The van der Waals surface area contributed by atoms with Crippen molar-refractivity contribution in [3.05, 3.63) is 47.0 Å².